The second kappa shape index (κ2) is 3.41. The first-order valence-electron chi connectivity index (χ1n) is 2.83. The highest BCUT2D eigenvalue weighted by atomic mass is 19.4. The minimum Gasteiger partial charge on any atom is -0.303 e. The van der Waals surface area contributed by atoms with Gasteiger partial charge >= 0.3 is 6.18 Å². The second-order valence-electron chi connectivity index (χ2n) is 2.03. The Labute approximate surface area is 63.0 Å². The van der Waals surface area contributed by atoms with Crippen LogP contribution in [0.2, 0.25) is 0 Å². The monoisotopic (exact) mass is 166 g/mol. The molecule has 0 aliphatic heterocycles. The molecule has 0 saturated carbocycles. The third-order valence-corrected chi connectivity index (χ3v) is 0.792. The normalized spacial score (nSPS) is 13.0. The van der Waals surface area contributed by atoms with Crippen molar-refractivity contribution < 1.29 is 13.2 Å². The Morgan fingerprint density at radius 2 is 1.91 bits per heavy atom. The number of hydrogen-bond donors (Lipinski definition) is 0. The van der Waals surface area contributed by atoms with Crippen LogP contribution < -0.4 is 0 Å². The van der Waals surface area contributed by atoms with Crippen LogP contribution in [0.25, 0.3) is 0 Å². The Bertz CT molecular complexity index is 169. The van der Waals surface area contributed by atoms with Crippen molar-refractivity contribution >= 4 is 5.71 Å². The molecule has 0 amide bonds. The van der Waals surface area contributed by atoms with Gasteiger partial charge in [-0.25, -0.2) is 0 Å². The van der Waals surface area contributed by atoms with Crippen molar-refractivity contribution in [2.45, 2.75) is 6.18 Å². The molecule has 0 fully saturated rings. The SMILES string of the molecule is C=C/C(=N\N(C)C)C(F)(F)F. The number of rotatable bonds is 2. The zero-order valence-electron chi connectivity index (χ0n) is 6.31. The second-order valence-corrected chi connectivity index (χ2v) is 2.03. The van der Waals surface area contributed by atoms with Crippen LogP contribution in [0.5, 0.6) is 0 Å². The molecule has 0 atom stereocenters. The van der Waals surface area contributed by atoms with Gasteiger partial charge in [0.15, 0.2) is 5.71 Å². The first-order chi connectivity index (χ1) is 4.88. The molecule has 5 heteroatoms. The van der Waals surface area contributed by atoms with E-state index in [4.69, 9.17) is 0 Å². The van der Waals surface area contributed by atoms with E-state index in [1.165, 1.54) is 14.1 Å². The minimum atomic E-state index is -4.41. The molecule has 0 saturated heterocycles. The first kappa shape index (κ1) is 10.0. The van der Waals surface area contributed by atoms with Gasteiger partial charge in [-0.15, -0.1) is 0 Å². The molecule has 0 aromatic carbocycles. The van der Waals surface area contributed by atoms with Crippen molar-refractivity contribution in [2.24, 2.45) is 5.10 Å². The first-order valence-corrected chi connectivity index (χ1v) is 2.83. The molecule has 11 heavy (non-hydrogen) atoms. The summed E-state index contributed by atoms with van der Waals surface area (Å²) in [5.74, 6) is 0. The van der Waals surface area contributed by atoms with E-state index < -0.39 is 11.9 Å². The van der Waals surface area contributed by atoms with Crippen molar-refractivity contribution in [2.75, 3.05) is 14.1 Å². The molecule has 0 heterocycles. The van der Waals surface area contributed by atoms with E-state index >= 15 is 0 Å². The van der Waals surface area contributed by atoms with Crippen LogP contribution in [0.4, 0.5) is 13.2 Å². The number of allylic oxidation sites excluding steroid dienone is 1. The fourth-order valence-electron chi connectivity index (χ4n) is 0.429. The Morgan fingerprint density at radius 1 is 1.45 bits per heavy atom. The Morgan fingerprint density at radius 3 is 2.00 bits per heavy atom. The molecule has 0 radical (unpaired) electrons. The lowest BCUT2D eigenvalue weighted by molar-refractivity contribution is -0.0588. The predicted molar refractivity (Wildman–Crippen MR) is 37.4 cm³/mol. The molecule has 64 valence electrons. The summed E-state index contributed by atoms with van der Waals surface area (Å²) in [5, 5.41) is 4.25. The maximum atomic E-state index is 11.9. The van der Waals surface area contributed by atoms with E-state index in [1.54, 1.807) is 0 Å². The highest BCUT2D eigenvalue weighted by Crippen LogP contribution is 2.17. The zero-order chi connectivity index (χ0) is 9.07. The van der Waals surface area contributed by atoms with E-state index in [0.717, 1.165) is 5.01 Å². The van der Waals surface area contributed by atoms with Crippen LogP contribution >= 0.6 is 0 Å². The molecule has 0 aromatic rings. The van der Waals surface area contributed by atoms with E-state index in [9.17, 15) is 13.2 Å². The van der Waals surface area contributed by atoms with Crippen LogP contribution in [0.1, 0.15) is 0 Å². The molecule has 0 aromatic heterocycles. The van der Waals surface area contributed by atoms with Gasteiger partial charge < -0.3 is 5.01 Å². The Kier molecular flexibility index (Phi) is 3.10. The van der Waals surface area contributed by atoms with Crippen LogP contribution in [0.3, 0.4) is 0 Å². The summed E-state index contributed by atoms with van der Waals surface area (Å²) in [7, 11) is 2.82. The van der Waals surface area contributed by atoms with Gasteiger partial charge in [0.05, 0.1) is 0 Å². The van der Waals surface area contributed by atoms with Crippen LogP contribution in [0.15, 0.2) is 17.8 Å². The molecular weight excluding hydrogens is 157 g/mol. The molecule has 0 N–H and O–H groups in total. The summed E-state index contributed by atoms with van der Waals surface area (Å²) in [4.78, 5) is 0. The van der Waals surface area contributed by atoms with Gasteiger partial charge in [0.2, 0.25) is 0 Å². The molecule has 0 rings (SSSR count). The smallest absolute Gasteiger partial charge is 0.303 e. The van der Waals surface area contributed by atoms with Crippen LogP contribution in [-0.2, 0) is 0 Å². The van der Waals surface area contributed by atoms with Gasteiger partial charge in [-0.05, 0) is 6.08 Å². The van der Waals surface area contributed by atoms with Gasteiger partial charge in [0.25, 0.3) is 0 Å². The van der Waals surface area contributed by atoms with Crippen molar-refractivity contribution in [3.63, 3.8) is 0 Å². The highest BCUT2D eigenvalue weighted by molar-refractivity contribution is 5.98. The van der Waals surface area contributed by atoms with Gasteiger partial charge in [-0.2, -0.15) is 18.3 Å². The zero-order valence-corrected chi connectivity index (χ0v) is 6.31. The van der Waals surface area contributed by atoms with Crippen LogP contribution in [0, 0.1) is 0 Å². The van der Waals surface area contributed by atoms with Gasteiger partial charge in [0, 0.05) is 14.1 Å². The number of hydrazone groups is 1. The average Bonchev–Trinajstić information content (AvgIpc) is 1.79. The number of nitrogens with zero attached hydrogens (tertiary/aromatic N) is 2. The quantitative estimate of drug-likeness (QED) is 0.450. The van der Waals surface area contributed by atoms with E-state index in [0.29, 0.717) is 6.08 Å². The Hall–Kier alpha value is -1.00. The number of halogens is 3. The lowest BCUT2D eigenvalue weighted by Crippen LogP contribution is -2.23. The number of hydrogen-bond acceptors (Lipinski definition) is 2. The lowest BCUT2D eigenvalue weighted by atomic mass is 10.4. The molecular formula is C6H9F3N2. The standard InChI is InChI=1S/C6H9F3N2/c1-4-5(6(7,8)9)10-11(2)3/h4H,1H2,2-3H3/b10-5+. The summed E-state index contributed by atoms with van der Waals surface area (Å²) < 4.78 is 35.6. The largest absolute Gasteiger partial charge is 0.435 e. The maximum absolute atomic E-state index is 11.9. The summed E-state index contributed by atoms with van der Waals surface area (Å²) in [5.41, 5.74) is -0.984. The van der Waals surface area contributed by atoms with Crippen LogP contribution in [-0.4, -0.2) is 31.0 Å². The summed E-state index contributed by atoms with van der Waals surface area (Å²) in [6.07, 6.45) is -3.73. The summed E-state index contributed by atoms with van der Waals surface area (Å²) >= 11 is 0. The van der Waals surface area contributed by atoms with E-state index in [-0.39, 0.29) is 0 Å². The third-order valence-electron chi connectivity index (χ3n) is 0.792. The molecule has 0 aliphatic carbocycles. The lowest BCUT2D eigenvalue weighted by Gasteiger charge is -2.09. The highest BCUT2D eigenvalue weighted by Gasteiger charge is 2.33. The van der Waals surface area contributed by atoms with Gasteiger partial charge in [-0.1, -0.05) is 6.58 Å². The molecule has 0 bridgehead atoms. The maximum Gasteiger partial charge on any atom is 0.435 e. The predicted octanol–water partition coefficient (Wildman–Crippen LogP) is 1.65. The fraction of sp³-hybridized carbons (Fsp3) is 0.500. The average molecular weight is 166 g/mol. The van der Waals surface area contributed by atoms with Crippen molar-refractivity contribution in [1.29, 1.82) is 0 Å². The van der Waals surface area contributed by atoms with Crippen molar-refractivity contribution in [1.82, 2.24) is 5.01 Å². The topological polar surface area (TPSA) is 15.6 Å². The van der Waals surface area contributed by atoms with Crippen molar-refractivity contribution in [3.05, 3.63) is 12.7 Å². The molecule has 2 nitrogen and oxygen atoms in total. The fourth-order valence-corrected chi connectivity index (χ4v) is 0.429. The summed E-state index contributed by atoms with van der Waals surface area (Å²) in [6, 6.07) is 0. The minimum absolute atomic E-state index is 0.681. The van der Waals surface area contributed by atoms with Crippen molar-refractivity contribution in [3.8, 4) is 0 Å². The third kappa shape index (κ3) is 3.64. The summed E-state index contributed by atoms with van der Waals surface area (Å²) in [6.45, 7) is 3.00. The Balaban J connectivity index is 4.54. The molecule has 0 spiro atoms. The van der Waals surface area contributed by atoms with Gasteiger partial charge in [-0.3, -0.25) is 0 Å². The van der Waals surface area contributed by atoms with E-state index in [2.05, 4.69) is 11.7 Å². The van der Waals surface area contributed by atoms with E-state index in [1.807, 2.05) is 0 Å². The van der Waals surface area contributed by atoms with Gasteiger partial charge in [0.1, 0.15) is 0 Å². The molecule has 0 unspecified atom stereocenters. The number of alkyl halides is 3. The molecule has 0 aliphatic rings.